The Kier molecular flexibility index (Phi) is 3.42. The van der Waals surface area contributed by atoms with Gasteiger partial charge in [0.25, 0.3) is 0 Å². The number of carboxylic acid groups (broad SMARTS) is 1. The highest BCUT2D eigenvalue weighted by atomic mass is 32.2. The number of rotatable bonds is 4. The van der Waals surface area contributed by atoms with Crippen LogP contribution in [0.5, 0.6) is 0 Å². The minimum atomic E-state index is -0.821. The monoisotopic (exact) mass is 255 g/mol. The third-order valence-corrected chi connectivity index (χ3v) is 4.25. The first kappa shape index (κ1) is 12.4. The Hall–Kier alpha value is -1.04. The van der Waals surface area contributed by atoms with E-state index >= 15 is 0 Å². The zero-order valence-electron chi connectivity index (χ0n) is 10.1. The predicted molar refractivity (Wildman–Crippen MR) is 65.2 cm³/mol. The molecule has 1 aliphatic rings. The second kappa shape index (κ2) is 4.68. The van der Waals surface area contributed by atoms with Crippen LogP contribution in [0.25, 0.3) is 0 Å². The topological polar surface area (TPSA) is 68.0 Å². The van der Waals surface area contributed by atoms with Crippen LogP contribution in [-0.4, -0.2) is 31.6 Å². The minimum absolute atomic E-state index is 0.0359. The van der Waals surface area contributed by atoms with E-state index in [4.69, 9.17) is 5.11 Å². The number of hydrogen-bond donors (Lipinski definition) is 1. The van der Waals surface area contributed by atoms with Gasteiger partial charge in [-0.3, -0.25) is 4.79 Å². The number of carboxylic acids is 1. The van der Waals surface area contributed by atoms with Crippen molar-refractivity contribution in [2.75, 3.05) is 5.75 Å². The first-order chi connectivity index (χ1) is 8.03. The maximum absolute atomic E-state index is 10.6. The van der Waals surface area contributed by atoms with Crippen LogP contribution >= 0.6 is 11.8 Å². The molecule has 6 heteroatoms. The van der Waals surface area contributed by atoms with Crippen LogP contribution in [0.15, 0.2) is 5.16 Å². The Balaban J connectivity index is 2.25. The zero-order valence-corrected chi connectivity index (χ0v) is 11.0. The van der Waals surface area contributed by atoms with E-state index in [0.717, 1.165) is 23.8 Å². The first-order valence-corrected chi connectivity index (χ1v) is 6.78. The van der Waals surface area contributed by atoms with Crippen molar-refractivity contribution in [1.29, 1.82) is 0 Å². The van der Waals surface area contributed by atoms with Crippen LogP contribution in [0.1, 0.15) is 38.4 Å². The van der Waals surface area contributed by atoms with Crippen LogP contribution in [0, 0.1) is 6.92 Å². The molecular weight excluding hydrogens is 238 g/mol. The Morgan fingerprint density at radius 1 is 1.47 bits per heavy atom. The summed E-state index contributed by atoms with van der Waals surface area (Å²) >= 11 is 1.25. The van der Waals surface area contributed by atoms with E-state index in [1.807, 2.05) is 6.92 Å². The van der Waals surface area contributed by atoms with Crippen molar-refractivity contribution in [3.05, 3.63) is 5.82 Å². The van der Waals surface area contributed by atoms with E-state index in [1.54, 1.807) is 0 Å². The third-order valence-electron chi connectivity index (χ3n) is 3.34. The standard InChI is InChI=1S/C11H17N3O2S/c1-8-12-13-10(17-7-9(15)16)14(8)11(2)5-3-4-6-11/h3-7H2,1-2H3,(H,15,16). The van der Waals surface area contributed by atoms with Gasteiger partial charge < -0.3 is 9.67 Å². The highest BCUT2D eigenvalue weighted by Crippen LogP contribution is 2.39. The number of hydrogen-bond acceptors (Lipinski definition) is 4. The quantitative estimate of drug-likeness (QED) is 0.834. The van der Waals surface area contributed by atoms with Crippen molar-refractivity contribution >= 4 is 17.7 Å². The molecule has 2 rings (SSSR count). The average molecular weight is 255 g/mol. The van der Waals surface area contributed by atoms with Crippen LogP contribution in [0.4, 0.5) is 0 Å². The number of nitrogens with zero attached hydrogens (tertiary/aromatic N) is 3. The fourth-order valence-corrected chi connectivity index (χ4v) is 3.38. The molecule has 1 aromatic heterocycles. The summed E-state index contributed by atoms with van der Waals surface area (Å²) in [6.45, 7) is 4.14. The molecule has 5 nitrogen and oxygen atoms in total. The van der Waals surface area contributed by atoms with Crippen molar-refractivity contribution < 1.29 is 9.90 Å². The smallest absolute Gasteiger partial charge is 0.313 e. The number of thioether (sulfide) groups is 1. The van der Waals surface area contributed by atoms with Crippen molar-refractivity contribution in [1.82, 2.24) is 14.8 Å². The summed E-state index contributed by atoms with van der Waals surface area (Å²) in [5, 5.41) is 17.6. The number of aliphatic carboxylic acids is 1. The van der Waals surface area contributed by atoms with Crippen molar-refractivity contribution in [2.24, 2.45) is 0 Å². The molecule has 0 spiro atoms. The lowest BCUT2D eigenvalue weighted by Gasteiger charge is -2.28. The Bertz CT molecular complexity index is 424. The summed E-state index contributed by atoms with van der Waals surface area (Å²) in [7, 11) is 0. The Morgan fingerprint density at radius 2 is 2.12 bits per heavy atom. The molecule has 1 heterocycles. The molecule has 1 aliphatic carbocycles. The van der Waals surface area contributed by atoms with Crippen LogP contribution in [0.2, 0.25) is 0 Å². The molecule has 0 amide bonds. The van der Waals surface area contributed by atoms with E-state index in [0.29, 0.717) is 0 Å². The second-order valence-corrected chi connectivity index (χ2v) is 5.69. The molecular formula is C11H17N3O2S. The second-order valence-electron chi connectivity index (χ2n) is 4.75. The maximum Gasteiger partial charge on any atom is 0.313 e. The summed E-state index contributed by atoms with van der Waals surface area (Å²) in [4.78, 5) is 10.6. The summed E-state index contributed by atoms with van der Waals surface area (Å²) in [5.41, 5.74) is 0.0639. The predicted octanol–water partition coefficient (Wildman–Crippen LogP) is 2.05. The maximum atomic E-state index is 10.6. The van der Waals surface area contributed by atoms with Crippen molar-refractivity contribution in [2.45, 2.75) is 50.2 Å². The SMILES string of the molecule is Cc1nnc(SCC(=O)O)n1C1(C)CCCC1. The fourth-order valence-electron chi connectivity index (χ4n) is 2.54. The molecule has 1 saturated carbocycles. The van der Waals surface area contributed by atoms with E-state index in [9.17, 15) is 4.79 Å². The van der Waals surface area contributed by atoms with Crippen molar-refractivity contribution in [3.63, 3.8) is 0 Å². The van der Waals surface area contributed by atoms with Gasteiger partial charge in [-0.2, -0.15) is 0 Å². The van der Waals surface area contributed by atoms with Crippen LogP contribution in [0.3, 0.4) is 0 Å². The largest absolute Gasteiger partial charge is 0.481 e. The lowest BCUT2D eigenvalue weighted by molar-refractivity contribution is -0.133. The molecule has 0 aromatic carbocycles. The lowest BCUT2D eigenvalue weighted by atomic mass is 10.0. The van der Waals surface area contributed by atoms with E-state index in [-0.39, 0.29) is 11.3 Å². The highest BCUT2D eigenvalue weighted by Gasteiger charge is 2.34. The Labute approximate surface area is 105 Å². The fraction of sp³-hybridized carbons (Fsp3) is 0.727. The van der Waals surface area contributed by atoms with Crippen LogP contribution in [-0.2, 0) is 10.3 Å². The number of carbonyl (C=O) groups is 1. The van der Waals surface area contributed by atoms with Gasteiger partial charge in [-0.15, -0.1) is 10.2 Å². The number of aromatic nitrogens is 3. The number of aryl methyl sites for hydroxylation is 1. The summed E-state index contributed by atoms with van der Waals surface area (Å²) < 4.78 is 2.12. The van der Waals surface area contributed by atoms with Gasteiger partial charge in [0, 0.05) is 5.54 Å². The summed E-state index contributed by atoms with van der Waals surface area (Å²) in [6.07, 6.45) is 4.67. The summed E-state index contributed by atoms with van der Waals surface area (Å²) in [6, 6.07) is 0. The minimum Gasteiger partial charge on any atom is -0.481 e. The zero-order chi connectivity index (χ0) is 12.5. The Morgan fingerprint density at radius 3 is 2.71 bits per heavy atom. The molecule has 1 N–H and O–H groups in total. The normalized spacial score (nSPS) is 18.5. The molecule has 0 atom stereocenters. The lowest BCUT2D eigenvalue weighted by Crippen LogP contribution is -2.28. The van der Waals surface area contributed by atoms with Gasteiger partial charge >= 0.3 is 5.97 Å². The van der Waals surface area contributed by atoms with Crippen LogP contribution < -0.4 is 0 Å². The van der Waals surface area contributed by atoms with Crippen molar-refractivity contribution in [3.8, 4) is 0 Å². The molecule has 1 aromatic rings. The molecule has 0 unspecified atom stereocenters. The molecule has 94 valence electrons. The molecule has 0 aliphatic heterocycles. The van der Waals surface area contributed by atoms with E-state index < -0.39 is 5.97 Å². The van der Waals surface area contributed by atoms with E-state index in [2.05, 4.69) is 21.7 Å². The van der Waals surface area contributed by atoms with Gasteiger partial charge in [-0.1, -0.05) is 24.6 Å². The molecule has 0 saturated heterocycles. The van der Waals surface area contributed by atoms with Gasteiger partial charge in [0.05, 0.1) is 5.75 Å². The molecule has 1 fully saturated rings. The molecule has 0 radical (unpaired) electrons. The molecule has 17 heavy (non-hydrogen) atoms. The van der Waals surface area contributed by atoms with Gasteiger partial charge in [0.1, 0.15) is 5.82 Å². The van der Waals surface area contributed by atoms with E-state index in [1.165, 1.54) is 24.6 Å². The van der Waals surface area contributed by atoms with Gasteiger partial charge in [0.15, 0.2) is 5.16 Å². The van der Waals surface area contributed by atoms with Gasteiger partial charge in [-0.25, -0.2) is 0 Å². The first-order valence-electron chi connectivity index (χ1n) is 5.80. The highest BCUT2D eigenvalue weighted by molar-refractivity contribution is 7.99. The third kappa shape index (κ3) is 2.46. The molecule has 0 bridgehead atoms. The average Bonchev–Trinajstić information content (AvgIpc) is 2.83. The van der Waals surface area contributed by atoms with Gasteiger partial charge in [0.2, 0.25) is 0 Å². The van der Waals surface area contributed by atoms with Gasteiger partial charge in [-0.05, 0) is 26.7 Å². The summed E-state index contributed by atoms with van der Waals surface area (Å²) in [5.74, 6) is 0.0925.